The Kier molecular flexibility index (Phi) is 5.88. The number of ether oxygens (including phenoxy) is 1. The molecule has 0 aliphatic rings. The molecule has 2 N–H and O–H groups in total. The third-order valence-electron chi connectivity index (χ3n) is 3.60. The second-order valence-corrected chi connectivity index (χ2v) is 5.62. The largest absolute Gasteiger partial charge is 0.495 e. The van der Waals surface area contributed by atoms with E-state index in [1.54, 1.807) is 25.3 Å². The molecule has 4 nitrogen and oxygen atoms in total. The molecular formula is C18H21ClN2O2. The van der Waals surface area contributed by atoms with Crippen molar-refractivity contribution in [3.8, 4) is 5.75 Å². The summed E-state index contributed by atoms with van der Waals surface area (Å²) in [6.45, 7) is 4.32. The summed E-state index contributed by atoms with van der Waals surface area (Å²) in [5.74, 6) is 0.451. The number of anilines is 2. The number of methoxy groups -OCH3 is 1. The van der Waals surface area contributed by atoms with Crippen molar-refractivity contribution in [2.45, 2.75) is 20.3 Å². The lowest BCUT2D eigenvalue weighted by molar-refractivity contribution is -0.114. The van der Waals surface area contributed by atoms with Gasteiger partial charge in [0.15, 0.2) is 0 Å². The molecule has 5 heteroatoms. The maximum Gasteiger partial charge on any atom is 0.243 e. The first-order valence-corrected chi connectivity index (χ1v) is 7.88. The number of carbonyl (C=O) groups is 1. The zero-order valence-electron chi connectivity index (χ0n) is 13.6. The number of carbonyl (C=O) groups excluding carboxylic acids is 1. The molecule has 0 radical (unpaired) electrons. The summed E-state index contributed by atoms with van der Waals surface area (Å²) in [5.41, 5.74) is 4.00. The highest BCUT2D eigenvalue weighted by molar-refractivity contribution is 6.32. The molecule has 0 atom stereocenters. The first kappa shape index (κ1) is 17.2. The van der Waals surface area contributed by atoms with Gasteiger partial charge < -0.3 is 15.4 Å². The highest BCUT2D eigenvalue weighted by Crippen LogP contribution is 2.27. The average molecular weight is 333 g/mol. The van der Waals surface area contributed by atoms with Crippen LogP contribution in [0.2, 0.25) is 5.02 Å². The van der Waals surface area contributed by atoms with Gasteiger partial charge in [-0.25, -0.2) is 0 Å². The van der Waals surface area contributed by atoms with E-state index in [2.05, 4.69) is 23.6 Å². The number of aryl methyl sites for hydroxylation is 2. The van der Waals surface area contributed by atoms with Gasteiger partial charge >= 0.3 is 0 Å². The highest BCUT2D eigenvalue weighted by Gasteiger charge is 2.08. The van der Waals surface area contributed by atoms with E-state index >= 15 is 0 Å². The molecule has 0 saturated carbocycles. The Morgan fingerprint density at radius 3 is 2.70 bits per heavy atom. The van der Waals surface area contributed by atoms with Crippen LogP contribution < -0.4 is 15.4 Å². The van der Waals surface area contributed by atoms with Gasteiger partial charge in [-0.2, -0.15) is 0 Å². The Balaban J connectivity index is 1.99. The Hall–Kier alpha value is -2.20. The topological polar surface area (TPSA) is 50.4 Å². The standard InChI is InChI=1S/C18H21ClN2O2/c1-4-13-7-5-6-12(2)18(13)20-11-17(22)21-14-8-9-16(23-3)15(19)10-14/h5-10,20H,4,11H2,1-3H3,(H,21,22). The quantitative estimate of drug-likeness (QED) is 0.830. The minimum Gasteiger partial charge on any atom is -0.495 e. The van der Waals surface area contributed by atoms with Gasteiger partial charge in [-0.3, -0.25) is 4.79 Å². The summed E-state index contributed by atoms with van der Waals surface area (Å²) in [6.07, 6.45) is 0.916. The van der Waals surface area contributed by atoms with E-state index in [-0.39, 0.29) is 12.5 Å². The Morgan fingerprint density at radius 1 is 1.26 bits per heavy atom. The van der Waals surface area contributed by atoms with Gasteiger partial charge in [-0.1, -0.05) is 36.7 Å². The molecule has 0 fully saturated rings. The molecule has 1 amide bonds. The van der Waals surface area contributed by atoms with E-state index in [1.165, 1.54) is 5.56 Å². The molecule has 23 heavy (non-hydrogen) atoms. The fourth-order valence-electron chi connectivity index (χ4n) is 2.39. The Bertz CT molecular complexity index is 701. The summed E-state index contributed by atoms with van der Waals surface area (Å²) in [6, 6.07) is 11.3. The molecule has 122 valence electrons. The summed E-state index contributed by atoms with van der Waals surface area (Å²) < 4.78 is 5.09. The van der Waals surface area contributed by atoms with Crippen LogP contribution in [0.1, 0.15) is 18.1 Å². The third kappa shape index (κ3) is 4.39. The van der Waals surface area contributed by atoms with Crippen LogP contribution in [0.4, 0.5) is 11.4 Å². The van der Waals surface area contributed by atoms with Crippen molar-refractivity contribution >= 4 is 28.9 Å². The number of para-hydroxylation sites is 1. The maximum absolute atomic E-state index is 12.1. The lowest BCUT2D eigenvalue weighted by atomic mass is 10.1. The van der Waals surface area contributed by atoms with Gasteiger partial charge in [-0.15, -0.1) is 0 Å². The predicted octanol–water partition coefficient (Wildman–Crippen LogP) is 4.27. The van der Waals surface area contributed by atoms with Crippen LogP contribution in [0, 0.1) is 6.92 Å². The Morgan fingerprint density at radius 2 is 2.04 bits per heavy atom. The van der Waals surface area contributed by atoms with Crippen LogP contribution in [-0.2, 0) is 11.2 Å². The molecule has 0 unspecified atom stereocenters. The summed E-state index contributed by atoms with van der Waals surface area (Å²) in [7, 11) is 1.55. The van der Waals surface area contributed by atoms with Crippen molar-refractivity contribution in [1.82, 2.24) is 0 Å². The van der Waals surface area contributed by atoms with E-state index < -0.39 is 0 Å². The lowest BCUT2D eigenvalue weighted by Crippen LogP contribution is -2.22. The van der Waals surface area contributed by atoms with E-state index in [4.69, 9.17) is 16.3 Å². The summed E-state index contributed by atoms with van der Waals surface area (Å²) in [5, 5.41) is 6.50. The van der Waals surface area contributed by atoms with Gasteiger partial charge in [-0.05, 0) is 42.7 Å². The normalized spacial score (nSPS) is 10.3. The second-order valence-electron chi connectivity index (χ2n) is 5.21. The van der Waals surface area contributed by atoms with Crippen molar-refractivity contribution in [3.63, 3.8) is 0 Å². The van der Waals surface area contributed by atoms with Crippen molar-refractivity contribution in [1.29, 1.82) is 0 Å². The summed E-state index contributed by atoms with van der Waals surface area (Å²) >= 11 is 6.05. The van der Waals surface area contributed by atoms with Crippen molar-refractivity contribution in [2.75, 3.05) is 24.3 Å². The summed E-state index contributed by atoms with van der Waals surface area (Å²) in [4.78, 5) is 12.1. The zero-order chi connectivity index (χ0) is 16.8. The van der Waals surface area contributed by atoms with E-state index in [9.17, 15) is 4.79 Å². The smallest absolute Gasteiger partial charge is 0.243 e. The van der Waals surface area contributed by atoms with Gasteiger partial charge in [0.1, 0.15) is 5.75 Å². The van der Waals surface area contributed by atoms with E-state index in [0.29, 0.717) is 16.5 Å². The van der Waals surface area contributed by atoms with Crippen molar-refractivity contribution in [2.24, 2.45) is 0 Å². The second kappa shape index (κ2) is 7.88. The monoisotopic (exact) mass is 332 g/mol. The fourth-order valence-corrected chi connectivity index (χ4v) is 2.65. The van der Waals surface area contributed by atoms with Gasteiger partial charge in [0, 0.05) is 11.4 Å². The van der Waals surface area contributed by atoms with E-state index in [1.807, 2.05) is 19.1 Å². The van der Waals surface area contributed by atoms with Gasteiger partial charge in [0.05, 0.1) is 18.7 Å². The molecule has 0 bridgehead atoms. The minimum atomic E-state index is -0.128. The van der Waals surface area contributed by atoms with Crippen molar-refractivity contribution < 1.29 is 9.53 Å². The number of hydrogen-bond donors (Lipinski definition) is 2. The molecule has 0 aliphatic heterocycles. The molecule has 0 heterocycles. The molecule has 0 aliphatic carbocycles. The van der Waals surface area contributed by atoms with Crippen LogP contribution in [0.3, 0.4) is 0 Å². The minimum absolute atomic E-state index is 0.128. The van der Waals surface area contributed by atoms with Crippen LogP contribution >= 0.6 is 11.6 Å². The molecule has 0 saturated heterocycles. The zero-order valence-corrected chi connectivity index (χ0v) is 14.3. The van der Waals surface area contributed by atoms with Crippen LogP contribution in [0.15, 0.2) is 36.4 Å². The number of rotatable bonds is 6. The molecule has 0 spiro atoms. The third-order valence-corrected chi connectivity index (χ3v) is 3.90. The molecule has 2 aromatic rings. The van der Waals surface area contributed by atoms with E-state index in [0.717, 1.165) is 17.7 Å². The highest BCUT2D eigenvalue weighted by atomic mass is 35.5. The number of halogens is 1. The molecule has 0 aromatic heterocycles. The maximum atomic E-state index is 12.1. The first-order valence-electron chi connectivity index (χ1n) is 7.51. The SMILES string of the molecule is CCc1cccc(C)c1NCC(=O)Nc1ccc(OC)c(Cl)c1. The van der Waals surface area contributed by atoms with Gasteiger partial charge in [0.2, 0.25) is 5.91 Å². The molecule has 2 rings (SSSR count). The number of amides is 1. The average Bonchev–Trinajstić information content (AvgIpc) is 2.53. The number of benzene rings is 2. The number of hydrogen-bond acceptors (Lipinski definition) is 3. The number of nitrogens with one attached hydrogen (secondary N) is 2. The van der Waals surface area contributed by atoms with Crippen LogP contribution in [-0.4, -0.2) is 19.6 Å². The van der Waals surface area contributed by atoms with Crippen LogP contribution in [0.25, 0.3) is 0 Å². The first-order chi connectivity index (χ1) is 11.0. The predicted molar refractivity (Wildman–Crippen MR) is 95.7 cm³/mol. The Labute approximate surface area is 141 Å². The van der Waals surface area contributed by atoms with Crippen LogP contribution in [0.5, 0.6) is 5.75 Å². The fraction of sp³-hybridized carbons (Fsp3) is 0.278. The van der Waals surface area contributed by atoms with Gasteiger partial charge in [0.25, 0.3) is 0 Å². The molecular weight excluding hydrogens is 312 g/mol. The van der Waals surface area contributed by atoms with Crippen molar-refractivity contribution in [3.05, 3.63) is 52.5 Å². The molecule has 2 aromatic carbocycles. The lowest BCUT2D eigenvalue weighted by Gasteiger charge is -2.14.